The molecule has 0 aromatic rings. The van der Waals surface area contributed by atoms with Crippen molar-refractivity contribution in [1.82, 2.24) is 0 Å². The third-order valence-corrected chi connectivity index (χ3v) is 0. The van der Waals surface area contributed by atoms with Gasteiger partial charge in [0.05, 0.1) is 0 Å². The van der Waals surface area contributed by atoms with E-state index in [0.29, 0.717) is 0 Å². The third kappa shape index (κ3) is 93.6. The second kappa shape index (κ2) is 130. The van der Waals surface area contributed by atoms with Crippen LogP contribution >= 0.6 is 0 Å². The van der Waals surface area contributed by atoms with Gasteiger partial charge in [-0.1, -0.05) is 0 Å². The Hall–Kier alpha value is 1.59. The first-order chi connectivity index (χ1) is 0. The molecule has 0 fully saturated rings. The number of rotatable bonds is 0. The summed E-state index contributed by atoms with van der Waals surface area (Å²) in [7, 11) is 0. The summed E-state index contributed by atoms with van der Waals surface area (Å²) in [5, 5.41) is 0. The second-order valence-corrected chi connectivity index (χ2v) is 0. The maximum atomic E-state index is 0. The molecular weight excluding hydrogens is 223 g/mol. The van der Waals surface area contributed by atoms with Crippen molar-refractivity contribution in [1.29, 1.82) is 0 Å². The van der Waals surface area contributed by atoms with Crippen LogP contribution in [0.4, 0.5) is 0 Å². The van der Waals surface area contributed by atoms with Crippen LogP contribution in [0.3, 0.4) is 0 Å². The first-order valence-electron chi connectivity index (χ1n) is 0. The molecule has 0 heterocycles. The number of hydrogen-bond acceptors (Lipinski definition) is 4. The van der Waals surface area contributed by atoms with Crippen LogP contribution in [0.5, 0.6) is 0 Å². The van der Waals surface area contributed by atoms with Gasteiger partial charge in [0.25, 0.3) is 0 Å². The van der Waals surface area contributed by atoms with Gasteiger partial charge in [-0.2, -0.15) is 0 Å². The van der Waals surface area contributed by atoms with Crippen molar-refractivity contribution in [2.45, 2.75) is 0 Å². The molecule has 0 spiro atoms. The van der Waals surface area contributed by atoms with Crippen LogP contribution in [0.2, 0.25) is 0 Å². The van der Waals surface area contributed by atoms with Crippen molar-refractivity contribution in [3.05, 3.63) is 0 Å². The molecule has 7 heteroatoms. The monoisotopic (exact) mass is 227 g/mol. The quantitative estimate of drug-likeness (QED) is 0.506. The largest absolute Gasteiger partial charge is 2.00 e. The molecule has 7 heavy (non-hydrogen) atoms. The minimum Gasteiger partial charge on any atom is -0.870 e. The van der Waals surface area contributed by atoms with E-state index in [1.54, 1.807) is 0 Å². The van der Waals surface area contributed by atoms with Crippen LogP contribution < -0.4 is 0 Å². The first kappa shape index (κ1) is 195. The topological polar surface area (TPSA) is 120 Å². The molecule has 0 aliphatic rings. The summed E-state index contributed by atoms with van der Waals surface area (Å²) in [4.78, 5) is 0. The molecule has 0 aliphatic heterocycles. The van der Waals surface area contributed by atoms with Gasteiger partial charge < -0.3 is 21.9 Å². The fourth-order valence-electron chi connectivity index (χ4n) is 0. The average Bonchev–Trinajstić information content (AvgIpc) is 0. The summed E-state index contributed by atoms with van der Waals surface area (Å²) >= 11 is 0. The fraction of sp³-hybridized carbons (Fsp3) is 0. The third-order valence-electron chi connectivity index (χ3n) is 0. The van der Waals surface area contributed by atoms with Gasteiger partial charge >= 0.3 is 34.1 Å². The van der Waals surface area contributed by atoms with Crippen molar-refractivity contribution in [3.63, 3.8) is 0 Å². The summed E-state index contributed by atoms with van der Waals surface area (Å²) in [5.74, 6) is 0. The zero-order chi connectivity index (χ0) is 0. The Morgan fingerprint density at radius 3 is 0.571 bits per heavy atom. The van der Waals surface area contributed by atoms with Crippen LogP contribution in [0.25, 0.3) is 0 Å². The summed E-state index contributed by atoms with van der Waals surface area (Å²) in [6.07, 6.45) is 0. The Labute approximate surface area is 77.5 Å². The van der Waals surface area contributed by atoms with Gasteiger partial charge in [-0.15, -0.1) is 0 Å². The zero-order valence-corrected chi connectivity index (χ0v) is 6.87. The van der Waals surface area contributed by atoms with Crippen LogP contribution in [-0.4, -0.2) is 21.9 Å². The molecule has 4 nitrogen and oxygen atoms in total. The van der Waals surface area contributed by atoms with Crippen LogP contribution in [-0.2, 0) is 55.9 Å². The van der Waals surface area contributed by atoms with E-state index < -0.39 is 0 Å². The van der Waals surface area contributed by atoms with E-state index in [-0.39, 0.29) is 77.8 Å². The van der Waals surface area contributed by atoms with Gasteiger partial charge in [-0.25, -0.2) is 0 Å². The molecule has 0 aliphatic carbocycles. The first-order valence-corrected chi connectivity index (χ1v) is 0. The zero-order valence-electron chi connectivity index (χ0n) is 3.02. The molecule has 0 saturated heterocycles. The van der Waals surface area contributed by atoms with Gasteiger partial charge in [-0.05, 0) is 0 Å². The SMILES string of the molecule is [Fe+2].[Mn+2].[OH-].[OH-].[OH-].[OH-].[Ti]. The maximum Gasteiger partial charge on any atom is 2.00 e. The van der Waals surface area contributed by atoms with Crippen LogP contribution in [0.15, 0.2) is 0 Å². The second-order valence-electron chi connectivity index (χ2n) is 0. The molecule has 0 aromatic heterocycles. The van der Waals surface area contributed by atoms with Gasteiger partial charge in [0.2, 0.25) is 0 Å². The van der Waals surface area contributed by atoms with Crippen molar-refractivity contribution >= 4 is 0 Å². The molecule has 0 rings (SSSR count). The molecule has 0 unspecified atom stereocenters. The van der Waals surface area contributed by atoms with Gasteiger partial charge in [-0.3, -0.25) is 0 Å². The molecule has 0 atom stereocenters. The fourth-order valence-corrected chi connectivity index (χ4v) is 0. The van der Waals surface area contributed by atoms with Crippen molar-refractivity contribution in [2.75, 3.05) is 0 Å². The predicted molar refractivity (Wildman–Crippen MR) is 7.74 cm³/mol. The van der Waals surface area contributed by atoms with Gasteiger partial charge in [0.1, 0.15) is 0 Å². The van der Waals surface area contributed by atoms with Gasteiger partial charge in [0.15, 0.2) is 0 Å². The van der Waals surface area contributed by atoms with Crippen LogP contribution in [0, 0.1) is 0 Å². The van der Waals surface area contributed by atoms with E-state index >= 15 is 0 Å². The van der Waals surface area contributed by atoms with E-state index in [0.717, 1.165) is 0 Å². The van der Waals surface area contributed by atoms with E-state index in [1.807, 2.05) is 0 Å². The summed E-state index contributed by atoms with van der Waals surface area (Å²) < 4.78 is 0. The minimum atomic E-state index is 0. The predicted octanol–water partition coefficient (Wildman–Crippen LogP) is -0.715. The number of hydrogen-bond donors (Lipinski definition) is 0. The minimum absolute atomic E-state index is 0. The maximum absolute atomic E-state index is 0. The molecule has 0 bridgehead atoms. The van der Waals surface area contributed by atoms with Crippen molar-refractivity contribution in [2.24, 2.45) is 0 Å². The van der Waals surface area contributed by atoms with Crippen LogP contribution in [0.1, 0.15) is 0 Å². The summed E-state index contributed by atoms with van der Waals surface area (Å²) in [5.41, 5.74) is 0. The molecule has 47 valence electrons. The van der Waals surface area contributed by atoms with Crippen molar-refractivity contribution < 1.29 is 77.8 Å². The Morgan fingerprint density at radius 2 is 0.571 bits per heavy atom. The Bertz CT molecular complexity index is 11.7. The Balaban J connectivity index is 0. The van der Waals surface area contributed by atoms with E-state index in [9.17, 15) is 0 Å². The van der Waals surface area contributed by atoms with E-state index in [2.05, 4.69) is 0 Å². The average molecular weight is 227 g/mol. The van der Waals surface area contributed by atoms with Crippen molar-refractivity contribution in [3.8, 4) is 0 Å². The smallest absolute Gasteiger partial charge is 0.870 e. The van der Waals surface area contributed by atoms with Gasteiger partial charge in [0, 0.05) is 21.7 Å². The molecule has 1 radical (unpaired) electrons. The molecule has 0 saturated carbocycles. The van der Waals surface area contributed by atoms with E-state index in [4.69, 9.17) is 0 Å². The molecular formula is H4FeMnO4Ti. The summed E-state index contributed by atoms with van der Waals surface area (Å²) in [6.45, 7) is 0. The molecule has 0 aromatic carbocycles. The normalized spacial score (nSPS) is 0. The Morgan fingerprint density at radius 1 is 0.571 bits per heavy atom. The molecule has 0 amide bonds. The molecule has 4 N–H and O–H groups in total. The Kier molecular flexibility index (Phi) is 3630. The standard InChI is InChI=1S/Fe.Mn.4H2O.Ti/h;;4*1H2;/q2*+2;;;;;/p-4. The van der Waals surface area contributed by atoms with E-state index in [1.165, 1.54) is 0 Å². The summed E-state index contributed by atoms with van der Waals surface area (Å²) in [6, 6.07) is 0.